The van der Waals surface area contributed by atoms with Crippen molar-refractivity contribution in [3.8, 4) is 5.75 Å². The Kier molecular flexibility index (Phi) is 9.11. The van der Waals surface area contributed by atoms with Crippen LogP contribution < -0.4 is 4.74 Å². The number of hydrogen-bond acceptors (Lipinski definition) is 3. The summed E-state index contributed by atoms with van der Waals surface area (Å²) >= 11 is 0. The first kappa shape index (κ1) is 26.9. The van der Waals surface area contributed by atoms with E-state index in [0.29, 0.717) is 30.8 Å². The first-order valence-corrected chi connectivity index (χ1v) is 12.2. The van der Waals surface area contributed by atoms with Gasteiger partial charge in [0.25, 0.3) is 0 Å². The van der Waals surface area contributed by atoms with Gasteiger partial charge in [-0.3, -0.25) is 0 Å². The number of carbonyl (C=O) groups excluding carboxylic acids is 1. The average Bonchev–Trinajstić information content (AvgIpc) is 2.75. The van der Waals surface area contributed by atoms with E-state index in [1.807, 2.05) is 6.92 Å². The lowest BCUT2D eigenvalue weighted by atomic mass is 9.62. The van der Waals surface area contributed by atoms with Gasteiger partial charge in [0.15, 0.2) is 0 Å². The molecule has 0 N–H and O–H groups in total. The quantitative estimate of drug-likeness (QED) is 0.215. The molecule has 0 saturated heterocycles. The molecule has 1 aromatic rings. The molecule has 0 aromatic heterocycles. The van der Waals surface area contributed by atoms with Crippen LogP contribution in [0.4, 0.5) is 4.39 Å². The largest absolute Gasteiger partial charge is 0.493 e. The van der Waals surface area contributed by atoms with Gasteiger partial charge in [0.2, 0.25) is 0 Å². The molecule has 182 valence electrons. The molecule has 1 aliphatic rings. The predicted molar refractivity (Wildman–Crippen MR) is 135 cm³/mol. The van der Waals surface area contributed by atoms with Gasteiger partial charge in [-0.15, -0.1) is 0 Å². The van der Waals surface area contributed by atoms with E-state index < -0.39 is 5.97 Å². The Labute approximate surface area is 199 Å². The van der Waals surface area contributed by atoms with Crippen LogP contribution in [0.1, 0.15) is 97.8 Å². The molecule has 0 fully saturated rings. The van der Waals surface area contributed by atoms with Gasteiger partial charge in [0.1, 0.15) is 11.6 Å². The molecular weight excluding hydrogens is 415 g/mol. The van der Waals surface area contributed by atoms with Gasteiger partial charge < -0.3 is 9.47 Å². The molecule has 0 radical (unpaired) electrons. The normalized spacial score (nSPS) is 18.0. The topological polar surface area (TPSA) is 35.5 Å². The van der Waals surface area contributed by atoms with Crippen molar-refractivity contribution in [3.05, 3.63) is 58.5 Å². The van der Waals surface area contributed by atoms with Crippen molar-refractivity contribution in [1.82, 2.24) is 0 Å². The lowest BCUT2D eigenvalue weighted by Crippen LogP contribution is -2.34. The van der Waals surface area contributed by atoms with Gasteiger partial charge >= 0.3 is 5.97 Å². The molecule has 1 aromatic carbocycles. The van der Waals surface area contributed by atoms with Crippen LogP contribution in [-0.2, 0) is 20.4 Å². The monoisotopic (exact) mass is 456 g/mol. The van der Waals surface area contributed by atoms with E-state index in [9.17, 15) is 4.79 Å². The van der Waals surface area contributed by atoms with Crippen LogP contribution in [0, 0.1) is 0 Å². The highest BCUT2D eigenvalue weighted by Gasteiger charge is 2.38. The highest BCUT2D eigenvalue weighted by atomic mass is 19.1. The van der Waals surface area contributed by atoms with Crippen LogP contribution in [-0.4, -0.2) is 19.2 Å². The van der Waals surface area contributed by atoms with Gasteiger partial charge in [0.05, 0.1) is 13.2 Å². The average molecular weight is 457 g/mol. The van der Waals surface area contributed by atoms with Crippen LogP contribution in [0.2, 0.25) is 0 Å². The molecule has 3 nitrogen and oxygen atoms in total. The summed E-state index contributed by atoms with van der Waals surface area (Å²) in [7, 11) is 0. The van der Waals surface area contributed by atoms with E-state index >= 15 is 4.39 Å². The molecule has 4 heteroatoms. The molecular formula is C29H41FO3. The van der Waals surface area contributed by atoms with Gasteiger partial charge in [-0.1, -0.05) is 47.6 Å². The summed E-state index contributed by atoms with van der Waals surface area (Å²) in [5.74, 6) is 0.0124. The van der Waals surface area contributed by atoms with Crippen molar-refractivity contribution >= 4 is 11.5 Å². The summed E-state index contributed by atoms with van der Waals surface area (Å²) in [5, 5.41) is 0. The number of fused-ring (bicyclic) bond motifs is 1. The molecule has 0 aliphatic heterocycles. The van der Waals surface area contributed by atoms with E-state index in [1.54, 1.807) is 19.9 Å². The minimum atomic E-state index is -0.422. The van der Waals surface area contributed by atoms with Gasteiger partial charge in [0, 0.05) is 11.6 Å². The fourth-order valence-electron chi connectivity index (χ4n) is 4.37. The maximum absolute atomic E-state index is 15.5. The SMILES string of the molecule is CCCOc1cc2c(cc1C(CC)=C(F)C=CC(C)=CC(=O)OCC)C(C)(C)CCC2(C)C. The van der Waals surface area contributed by atoms with Crippen molar-refractivity contribution in [2.24, 2.45) is 0 Å². The first-order valence-electron chi connectivity index (χ1n) is 12.2. The molecule has 0 heterocycles. The lowest BCUT2D eigenvalue weighted by molar-refractivity contribution is -0.137. The number of hydrogen-bond donors (Lipinski definition) is 0. The number of esters is 1. The Morgan fingerprint density at radius 1 is 1.03 bits per heavy atom. The van der Waals surface area contributed by atoms with Gasteiger partial charge in [-0.2, -0.15) is 0 Å². The van der Waals surface area contributed by atoms with Crippen LogP contribution in [0.3, 0.4) is 0 Å². The number of allylic oxidation sites excluding steroid dienone is 5. The summed E-state index contributed by atoms with van der Waals surface area (Å²) in [5.41, 5.74) is 4.72. The fraction of sp³-hybridized carbons (Fsp3) is 0.552. The third-order valence-corrected chi connectivity index (χ3v) is 6.51. The minimum absolute atomic E-state index is 0.0209. The van der Waals surface area contributed by atoms with Crippen molar-refractivity contribution in [1.29, 1.82) is 0 Å². The molecule has 0 saturated carbocycles. The van der Waals surface area contributed by atoms with Crippen LogP contribution in [0.25, 0.3) is 5.57 Å². The molecule has 0 atom stereocenters. The maximum Gasteiger partial charge on any atom is 0.330 e. The van der Waals surface area contributed by atoms with Crippen LogP contribution in [0.5, 0.6) is 5.75 Å². The van der Waals surface area contributed by atoms with E-state index in [1.165, 1.54) is 23.3 Å². The zero-order chi connectivity index (χ0) is 24.8. The molecule has 1 aliphatic carbocycles. The fourth-order valence-corrected chi connectivity index (χ4v) is 4.37. The predicted octanol–water partition coefficient (Wildman–Crippen LogP) is 7.98. The van der Waals surface area contributed by atoms with Crippen LogP contribution in [0.15, 0.2) is 41.8 Å². The summed E-state index contributed by atoms with van der Waals surface area (Å²) in [4.78, 5) is 11.6. The smallest absolute Gasteiger partial charge is 0.330 e. The second-order valence-electron chi connectivity index (χ2n) is 10.2. The van der Waals surface area contributed by atoms with E-state index in [2.05, 4.69) is 46.8 Å². The highest BCUT2D eigenvalue weighted by molar-refractivity contribution is 5.83. The Morgan fingerprint density at radius 2 is 1.64 bits per heavy atom. The Morgan fingerprint density at radius 3 is 2.18 bits per heavy atom. The van der Waals surface area contributed by atoms with Crippen molar-refractivity contribution < 1.29 is 18.7 Å². The summed E-state index contributed by atoms with van der Waals surface area (Å²) < 4.78 is 26.6. The lowest BCUT2D eigenvalue weighted by Gasteiger charge is -2.42. The van der Waals surface area contributed by atoms with Crippen molar-refractivity contribution in [3.63, 3.8) is 0 Å². The Balaban J connectivity index is 2.61. The number of ether oxygens (including phenoxy) is 2. The highest BCUT2D eigenvalue weighted by Crippen LogP contribution is 2.49. The number of rotatable bonds is 9. The molecule has 0 bridgehead atoms. The van der Waals surface area contributed by atoms with Gasteiger partial charge in [-0.05, 0) is 90.8 Å². The molecule has 0 unspecified atom stereocenters. The summed E-state index contributed by atoms with van der Waals surface area (Å²) in [6.45, 7) is 17.5. The molecule has 0 spiro atoms. The van der Waals surface area contributed by atoms with Gasteiger partial charge in [-0.25, -0.2) is 9.18 Å². The van der Waals surface area contributed by atoms with E-state index in [-0.39, 0.29) is 16.7 Å². The third kappa shape index (κ3) is 6.59. The van der Waals surface area contributed by atoms with Crippen molar-refractivity contribution in [2.45, 2.75) is 91.9 Å². The Hall–Kier alpha value is -2.36. The minimum Gasteiger partial charge on any atom is -0.493 e. The maximum atomic E-state index is 15.5. The molecule has 0 amide bonds. The van der Waals surface area contributed by atoms with E-state index in [4.69, 9.17) is 9.47 Å². The van der Waals surface area contributed by atoms with Crippen molar-refractivity contribution in [2.75, 3.05) is 13.2 Å². The zero-order valence-electron chi connectivity index (χ0n) is 21.7. The molecule has 2 rings (SSSR count). The second-order valence-corrected chi connectivity index (χ2v) is 10.2. The third-order valence-electron chi connectivity index (χ3n) is 6.51. The van der Waals surface area contributed by atoms with E-state index in [0.717, 1.165) is 30.6 Å². The summed E-state index contributed by atoms with van der Waals surface area (Å²) in [6.07, 6.45) is 8.03. The number of benzene rings is 1. The second kappa shape index (κ2) is 11.2. The Bertz CT molecular complexity index is 948. The zero-order valence-corrected chi connectivity index (χ0v) is 21.7. The first-order chi connectivity index (χ1) is 15.5. The number of carbonyl (C=O) groups is 1. The van der Waals surface area contributed by atoms with Crippen LogP contribution >= 0.6 is 0 Å². The summed E-state index contributed by atoms with van der Waals surface area (Å²) in [6, 6.07) is 4.31. The molecule has 33 heavy (non-hydrogen) atoms. The standard InChI is InChI=1S/C29H41FO3/c1-9-16-33-26-19-24-23(28(5,6)14-15-29(24,7)8)18-22(26)21(10-2)25(30)13-12-20(4)17-27(31)32-11-3/h12-13,17-19H,9-11,14-16H2,1-8H3. The number of halogens is 1.